The molecular formula is C24H40IN5O. The van der Waals surface area contributed by atoms with Crippen molar-refractivity contribution in [3.05, 3.63) is 35.4 Å². The first-order valence-corrected chi connectivity index (χ1v) is 11.7. The van der Waals surface area contributed by atoms with E-state index in [-0.39, 0.29) is 35.9 Å². The van der Waals surface area contributed by atoms with Crippen LogP contribution in [-0.4, -0.2) is 60.4 Å². The van der Waals surface area contributed by atoms with Gasteiger partial charge in [0.25, 0.3) is 0 Å². The van der Waals surface area contributed by atoms with Crippen LogP contribution in [0, 0.1) is 5.92 Å². The third-order valence-corrected chi connectivity index (χ3v) is 6.25. The Kier molecular flexibility index (Phi) is 11.1. The molecule has 0 bridgehead atoms. The summed E-state index contributed by atoms with van der Waals surface area (Å²) in [6.45, 7) is 12.9. The van der Waals surface area contributed by atoms with E-state index >= 15 is 0 Å². The van der Waals surface area contributed by atoms with Crippen molar-refractivity contribution in [3.63, 3.8) is 0 Å². The zero-order valence-corrected chi connectivity index (χ0v) is 21.7. The zero-order valence-electron chi connectivity index (χ0n) is 19.4. The molecule has 2 N–H and O–H groups in total. The first-order chi connectivity index (χ1) is 14.6. The number of aliphatic imine (C=N–C) groups is 1. The van der Waals surface area contributed by atoms with Crippen LogP contribution >= 0.6 is 24.0 Å². The number of carbonyl (C=O) groups excluding carboxylic acids is 1. The number of nitrogens with zero attached hydrogens (tertiary/aromatic N) is 3. The molecule has 1 unspecified atom stereocenters. The van der Waals surface area contributed by atoms with E-state index in [1.165, 1.54) is 37.1 Å². The molecule has 2 fully saturated rings. The highest BCUT2D eigenvalue weighted by atomic mass is 127. The summed E-state index contributed by atoms with van der Waals surface area (Å²) >= 11 is 0. The maximum absolute atomic E-state index is 11.9. The average Bonchev–Trinajstić information content (AvgIpc) is 3.23. The highest BCUT2D eigenvalue weighted by molar-refractivity contribution is 14.0. The van der Waals surface area contributed by atoms with Crippen molar-refractivity contribution in [3.8, 4) is 0 Å². The van der Waals surface area contributed by atoms with E-state index in [2.05, 4.69) is 53.6 Å². The summed E-state index contributed by atoms with van der Waals surface area (Å²) in [5, 5.41) is 6.84. The maximum atomic E-state index is 11.9. The number of halogens is 1. The molecule has 0 aromatic heterocycles. The SMILES string of the molecule is CCNC(=NCc1ccc(CN2CCC(C)CC2)cc1)NC1CCN(C(=O)CC)C1.I. The Bertz CT molecular complexity index is 700. The highest BCUT2D eigenvalue weighted by Gasteiger charge is 2.25. The minimum Gasteiger partial charge on any atom is -0.357 e. The molecule has 0 spiro atoms. The van der Waals surface area contributed by atoms with E-state index in [0.717, 1.165) is 44.5 Å². The van der Waals surface area contributed by atoms with Gasteiger partial charge in [0.2, 0.25) is 5.91 Å². The number of amides is 1. The van der Waals surface area contributed by atoms with Gasteiger partial charge in [0.1, 0.15) is 0 Å². The number of nitrogens with one attached hydrogen (secondary N) is 2. The summed E-state index contributed by atoms with van der Waals surface area (Å²) in [6, 6.07) is 9.16. The quantitative estimate of drug-likeness (QED) is 0.315. The van der Waals surface area contributed by atoms with Gasteiger partial charge in [-0.05, 0) is 56.3 Å². The monoisotopic (exact) mass is 541 g/mol. The van der Waals surface area contributed by atoms with Crippen molar-refractivity contribution in [1.29, 1.82) is 0 Å². The minimum absolute atomic E-state index is 0. The molecule has 7 heteroatoms. The minimum atomic E-state index is 0. The van der Waals surface area contributed by atoms with Gasteiger partial charge in [0.15, 0.2) is 5.96 Å². The third kappa shape index (κ3) is 8.25. The molecule has 0 radical (unpaired) electrons. The van der Waals surface area contributed by atoms with Crippen LogP contribution in [-0.2, 0) is 17.9 Å². The predicted octanol–water partition coefficient (Wildman–Crippen LogP) is 3.60. The lowest BCUT2D eigenvalue weighted by Gasteiger charge is -2.30. The molecule has 2 aliphatic heterocycles. The van der Waals surface area contributed by atoms with Gasteiger partial charge in [-0.1, -0.05) is 38.1 Å². The lowest BCUT2D eigenvalue weighted by molar-refractivity contribution is -0.129. The normalized spacial score (nSPS) is 20.4. The lowest BCUT2D eigenvalue weighted by Crippen LogP contribution is -2.45. The molecule has 31 heavy (non-hydrogen) atoms. The van der Waals surface area contributed by atoms with Gasteiger partial charge in [-0.3, -0.25) is 9.69 Å². The van der Waals surface area contributed by atoms with E-state index in [1.807, 2.05) is 11.8 Å². The van der Waals surface area contributed by atoms with Gasteiger partial charge in [-0.25, -0.2) is 4.99 Å². The first kappa shape index (κ1) is 25.9. The number of likely N-dealkylation sites (tertiary alicyclic amines) is 2. The largest absolute Gasteiger partial charge is 0.357 e. The predicted molar refractivity (Wildman–Crippen MR) is 139 cm³/mol. The molecule has 0 aliphatic carbocycles. The van der Waals surface area contributed by atoms with Crippen LogP contribution in [0.15, 0.2) is 29.3 Å². The van der Waals surface area contributed by atoms with Crippen LogP contribution in [0.2, 0.25) is 0 Å². The van der Waals surface area contributed by atoms with Crippen molar-refractivity contribution in [2.24, 2.45) is 10.9 Å². The second kappa shape index (κ2) is 13.3. The summed E-state index contributed by atoms with van der Waals surface area (Å²) in [6.07, 6.45) is 4.19. The molecule has 3 rings (SSSR count). The Hall–Kier alpha value is -1.35. The number of hydrogen-bond acceptors (Lipinski definition) is 3. The molecule has 1 aromatic rings. The summed E-state index contributed by atoms with van der Waals surface area (Å²) in [7, 11) is 0. The molecule has 2 saturated heterocycles. The molecule has 2 heterocycles. The molecule has 6 nitrogen and oxygen atoms in total. The van der Waals surface area contributed by atoms with E-state index in [0.29, 0.717) is 13.0 Å². The molecule has 1 amide bonds. The van der Waals surface area contributed by atoms with Crippen LogP contribution < -0.4 is 10.6 Å². The topological polar surface area (TPSA) is 60.0 Å². The summed E-state index contributed by atoms with van der Waals surface area (Å²) < 4.78 is 0. The number of carbonyl (C=O) groups is 1. The number of rotatable bonds is 7. The highest BCUT2D eigenvalue weighted by Crippen LogP contribution is 2.18. The van der Waals surface area contributed by atoms with E-state index < -0.39 is 0 Å². The van der Waals surface area contributed by atoms with Gasteiger partial charge in [0, 0.05) is 38.6 Å². The van der Waals surface area contributed by atoms with Crippen molar-refractivity contribution in [2.45, 2.75) is 65.6 Å². The van der Waals surface area contributed by atoms with Crippen molar-refractivity contribution in [1.82, 2.24) is 20.4 Å². The Balaban J connectivity index is 0.00000341. The Morgan fingerprint density at radius 3 is 2.39 bits per heavy atom. The maximum Gasteiger partial charge on any atom is 0.222 e. The second-order valence-electron chi connectivity index (χ2n) is 8.79. The molecule has 0 saturated carbocycles. The molecular weight excluding hydrogens is 501 g/mol. The molecule has 2 aliphatic rings. The van der Waals surface area contributed by atoms with Crippen LogP contribution in [0.25, 0.3) is 0 Å². The molecule has 174 valence electrons. The van der Waals surface area contributed by atoms with Gasteiger partial charge in [0.05, 0.1) is 6.54 Å². The van der Waals surface area contributed by atoms with E-state index in [1.54, 1.807) is 0 Å². The fourth-order valence-electron chi connectivity index (χ4n) is 4.24. The third-order valence-electron chi connectivity index (χ3n) is 6.25. The Morgan fingerprint density at radius 2 is 1.74 bits per heavy atom. The second-order valence-corrected chi connectivity index (χ2v) is 8.79. The van der Waals surface area contributed by atoms with E-state index in [4.69, 9.17) is 4.99 Å². The van der Waals surface area contributed by atoms with Crippen LogP contribution in [0.5, 0.6) is 0 Å². The summed E-state index contributed by atoms with van der Waals surface area (Å²) in [5.41, 5.74) is 2.60. The van der Waals surface area contributed by atoms with Gasteiger partial charge in [-0.2, -0.15) is 0 Å². The average molecular weight is 542 g/mol. The van der Waals surface area contributed by atoms with Crippen molar-refractivity contribution >= 4 is 35.8 Å². The van der Waals surface area contributed by atoms with Crippen LogP contribution in [0.3, 0.4) is 0 Å². The standard InChI is InChI=1S/C24H39N5O.HI/c1-4-23(30)29-15-12-22(18-29)27-24(25-5-2)26-16-20-6-8-21(9-7-20)17-28-13-10-19(3)11-14-28;/h6-9,19,22H,4-5,10-18H2,1-3H3,(H2,25,26,27);1H. The Labute approximate surface area is 205 Å². The molecule has 1 aromatic carbocycles. The number of piperidine rings is 1. The van der Waals surface area contributed by atoms with Gasteiger partial charge < -0.3 is 15.5 Å². The van der Waals surface area contributed by atoms with Crippen LogP contribution in [0.4, 0.5) is 0 Å². The molecule has 1 atom stereocenters. The van der Waals surface area contributed by atoms with Crippen molar-refractivity contribution in [2.75, 3.05) is 32.7 Å². The number of hydrogen-bond donors (Lipinski definition) is 2. The fraction of sp³-hybridized carbons (Fsp3) is 0.667. The van der Waals surface area contributed by atoms with Gasteiger partial charge in [-0.15, -0.1) is 24.0 Å². The van der Waals surface area contributed by atoms with Crippen LogP contribution in [0.1, 0.15) is 57.6 Å². The number of guanidine groups is 1. The fourth-order valence-corrected chi connectivity index (χ4v) is 4.24. The zero-order chi connectivity index (χ0) is 21.3. The lowest BCUT2D eigenvalue weighted by atomic mass is 9.99. The van der Waals surface area contributed by atoms with E-state index in [9.17, 15) is 4.79 Å². The van der Waals surface area contributed by atoms with Gasteiger partial charge >= 0.3 is 0 Å². The summed E-state index contributed by atoms with van der Waals surface area (Å²) in [5.74, 6) is 1.95. The first-order valence-electron chi connectivity index (χ1n) is 11.7. The Morgan fingerprint density at radius 1 is 1.06 bits per heavy atom. The van der Waals surface area contributed by atoms with Crippen molar-refractivity contribution < 1.29 is 4.79 Å². The number of benzene rings is 1. The summed E-state index contributed by atoms with van der Waals surface area (Å²) in [4.78, 5) is 21.2. The smallest absolute Gasteiger partial charge is 0.222 e.